The van der Waals surface area contributed by atoms with E-state index in [1.54, 1.807) is 6.07 Å². The van der Waals surface area contributed by atoms with Crippen LogP contribution in [0.1, 0.15) is 19.4 Å². The SMILES string of the molecule is COc1cc(Cl)c(C=C2C(=O)OC(C)(C)OC2=O)cc1OC. The average Bonchev–Trinajstić information content (AvgIpc) is 2.42. The van der Waals surface area contributed by atoms with Crippen molar-refractivity contribution in [2.45, 2.75) is 19.6 Å². The van der Waals surface area contributed by atoms with Crippen molar-refractivity contribution < 1.29 is 28.5 Å². The lowest BCUT2D eigenvalue weighted by atomic mass is 10.1. The average molecular weight is 327 g/mol. The second-order valence-corrected chi connectivity index (χ2v) is 5.37. The Hall–Kier alpha value is -2.21. The first-order valence-corrected chi connectivity index (χ1v) is 6.75. The zero-order chi connectivity index (χ0) is 16.5. The molecule has 0 saturated carbocycles. The maximum atomic E-state index is 11.9. The molecule has 7 heteroatoms. The molecule has 0 aromatic heterocycles. The quantitative estimate of drug-likeness (QED) is 0.483. The number of carbonyl (C=O) groups excluding carboxylic acids is 2. The summed E-state index contributed by atoms with van der Waals surface area (Å²) in [5, 5.41) is 0.288. The van der Waals surface area contributed by atoms with Gasteiger partial charge in [0, 0.05) is 19.9 Å². The summed E-state index contributed by atoms with van der Waals surface area (Å²) < 4.78 is 20.3. The van der Waals surface area contributed by atoms with Gasteiger partial charge in [0.1, 0.15) is 5.57 Å². The first kappa shape index (κ1) is 16.2. The smallest absolute Gasteiger partial charge is 0.348 e. The van der Waals surface area contributed by atoms with Crippen molar-refractivity contribution in [3.8, 4) is 11.5 Å². The van der Waals surface area contributed by atoms with Crippen molar-refractivity contribution in [3.63, 3.8) is 0 Å². The molecular formula is C15H15ClO6. The molecule has 1 saturated heterocycles. The predicted molar refractivity (Wildman–Crippen MR) is 78.8 cm³/mol. The van der Waals surface area contributed by atoms with Gasteiger partial charge < -0.3 is 18.9 Å². The number of hydrogen-bond donors (Lipinski definition) is 0. The van der Waals surface area contributed by atoms with Gasteiger partial charge >= 0.3 is 11.9 Å². The summed E-state index contributed by atoms with van der Waals surface area (Å²) in [5.41, 5.74) is 0.163. The highest BCUT2D eigenvalue weighted by molar-refractivity contribution is 6.32. The summed E-state index contributed by atoms with van der Waals surface area (Å²) in [6.07, 6.45) is 1.30. The van der Waals surface area contributed by atoms with Gasteiger partial charge in [-0.1, -0.05) is 11.6 Å². The summed E-state index contributed by atoms with van der Waals surface area (Å²) in [5.74, 6) is -1.98. The molecule has 1 aromatic carbocycles. The minimum Gasteiger partial charge on any atom is -0.493 e. The topological polar surface area (TPSA) is 71.1 Å². The number of cyclic esters (lactones) is 2. The van der Waals surface area contributed by atoms with Gasteiger partial charge in [0.05, 0.1) is 19.2 Å². The fraction of sp³-hybridized carbons (Fsp3) is 0.333. The Labute approximate surface area is 132 Å². The molecule has 0 radical (unpaired) electrons. The van der Waals surface area contributed by atoms with E-state index in [9.17, 15) is 9.59 Å². The first-order valence-electron chi connectivity index (χ1n) is 6.37. The van der Waals surface area contributed by atoms with Gasteiger partial charge in [-0.05, 0) is 17.7 Å². The molecule has 0 atom stereocenters. The molecule has 0 N–H and O–H groups in total. The monoisotopic (exact) mass is 326 g/mol. The molecule has 118 valence electrons. The summed E-state index contributed by atoms with van der Waals surface area (Å²) in [4.78, 5) is 23.8. The van der Waals surface area contributed by atoms with Crippen LogP contribution in [-0.2, 0) is 19.1 Å². The van der Waals surface area contributed by atoms with Crippen LogP contribution in [0.5, 0.6) is 11.5 Å². The van der Waals surface area contributed by atoms with E-state index in [2.05, 4.69) is 0 Å². The Kier molecular flexibility index (Phi) is 4.32. The van der Waals surface area contributed by atoms with Crippen LogP contribution in [-0.4, -0.2) is 31.9 Å². The third kappa shape index (κ3) is 3.17. The fourth-order valence-corrected chi connectivity index (χ4v) is 2.12. The van der Waals surface area contributed by atoms with E-state index < -0.39 is 17.7 Å². The number of rotatable bonds is 3. The summed E-state index contributed by atoms with van der Waals surface area (Å²) in [7, 11) is 2.94. The molecule has 1 fully saturated rings. The third-order valence-corrected chi connectivity index (χ3v) is 3.25. The van der Waals surface area contributed by atoms with Crippen LogP contribution in [0.15, 0.2) is 17.7 Å². The number of esters is 2. The van der Waals surface area contributed by atoms with Gasteiger partial charge in [-0.25, -0.2) is 9.59 Å². The number of ether oxygens (including phenoxy) is 4. The van der Waals surface area contributed by atoms with Crippen molar-refractivity contribution in [2.75, 3.05) is 14.2 Å². The molecule has 1 aromatic rings. The summed E-state index contributed by atoms with van der Waals surface area (Å²) >= 11 is 6.12. The zero-order valence-corrected chi connectivity index (χ0v) is 13.3. The molecule has 1 heterocycles. The van der Waals surface area contributed by atoms with E-state index in [1.165, 1.54) is 40.2 Å². The van der Waals surface area contributed by atoms with E-state index >= 15 is 0 Å². The lowest BCUT2D eigenvalue weighted by Crippen LogP contribution is -2.41. The fourth-order valence-electron chi connectivity index (χ4n) is 1.91. The Morgan fingerprint density at radius 2 is 1.55 bits per heavy atom. The normalized spacial score (nSPS) is 16.7. The Morgan fingerprint density at radius 3 is 2.05 bits per heavy atom. The predicted octanol–water partition coefficient (Wildman–Crippen LogP) is 2.58. The molecule has 0 spiro atoms. The van der Waals surface area contributed by atoms with E-state index in [1.807, 2.05) is 0 Å². The van der Waals surface area contributed by atoms with Crippen molar-refractivity contribution >= 4 is 29.6 Å². The second kappa shape index (κ2) is 5.88. The summed E-state index contributed by atoms with van der Waals surface area (Å²) in [6, 6.07) is 3.07. The summed E-state index contributed by atoms with van der Waals surface area (Å²) in [6.45, 7) is 2.95. The van der Waals surface area contributed by atoms with Crippen LogP contribution in [0.3, 0.4) is 0 Å². The van der Waals surface area contributed by atoms with Gasteiger partial charge in [-0.15, -0.1) is 0 Å². The lowest BCUT2D eigenvalue weighted by Gasteiger charge is -2.29. The first-order chi connectivity index (χ1) is 10.3. The van der Waals surface area contributed by atoms with Crippen LogP contribution in [0, 0.1) is 0 Å². The molecule has 1 aliphatic heterocycles. The van der Waals surface area contributed by atoms with E-state index in [4.69, 9.17) is 30.5 Å². The van der Waals surface area contributed by atoms with Gasteiger partial charge in [-0.3, -0.25) is 0 Å². The third-order valence-electron chi connectivity index (χ3n) is 2.92. The van der Waals surface area contributed by atoms with Crippen LogP contribution < -0.4 is 9.47 Å². The molecule has 0 unspecified atom stereocenters. The van der Waals surface area contributed by atoms with Crippen LogP contribution in [0.25, 0.3) is 6.08 Å². The molecule has 2 rings (SSSR count). The Bertz CT molecular complexity index is 640. The number of benzene rings is 1. The van der Waals surface area contributed by atoms with Crippen LogP contribution in [0.2, 0.25) is 5.02 Å². The molecule has 22 heavy (non-hydrogen) atoms. The maximum absolute atomic E-state index is 11.9. The molecule has 1 aliphatic rings. The van der Waals surface area contributed by atoms with Crippen molar-refractivity contribution in [1.82, 2.24) is 0 Å². The highest BCUT2D eigenvalue weighted by atomic mass is 35.5. The molecule has 6 nitrogen and oxygen atoms in total. The lowest BCUT2D eigenvalue weighted by molar-refractivity contribution is -0.222. The second-order valence-electron chi connectivity index (χ2n) is 4.97. The number of halogens is 1. The molecule has 0 amide bonds. The molecule has 0 aliphatic carbocycles. The van der Waals surface area contributed by atoms with Crippen molar-refractivity contribution in [3.05, 3.63) is 28.3 Å². The molecular weight excluding hydrogens is 312 g/mol. The van der Waals surface area contributed by atoms with E-state index in [0.29, 0.717) is 17.1 Å². The highest BCUT2D eigenvalue weighted by Gasteiger charge is 2.39. The minimum atomic E-state index is -1.28. The van der Waals surface area contributed by atoms with Crippen molar-refractivity contribution in [2.24, 2.45) is 0 Å². The van der Waals surface area contributed by atoms with Gasteiger partial charge in [0.25, 0.3) is 5.79 Å². The Balaban J connectivity index is 2.45. The van der Waals surface area contributed by atoms with E-state index in [-0.39, 0.29) is 10.6 Å². The van der Waals surface area contributed by atoms with Crippen molar-refractivity contribution in [1.29, 1.82) is 0 Å². The van der Waals surface area contributed by atoms with Crippen LogP contribution in [0.4, 0.5) is 0 Å². The van der Waals surface area contributed by atoms with Gasteiger partial charge in [-0.2, -0.15) is 0 Å². The van der Waals surface area contributed by atoms with Gasteiger partial charge in [0.2, 0.25) is 0 Å². The number of hydrogen-bond acceptors (Lipinski definition) is 6. The zero-order valence-electron chi connectivity index (χ0n) is 12.6. The molecule has 0 bridgehead atoms. The number of methoxy groups -OCH3 is 2. The maximum Gasteiger partial charge on any atom is 0.348 e. The van der Waals surface area contributed by atoms with Crippen LogP contribution >= 0.6 is 11.6 Å². The van der Waals surface area contributed by atoms with Gasteiger partial charge in [0.15, 0.2) is 11.5 Å². The van der Waals surface area contributed by atoms with E-state index in [0.717, 1.165) is 0 Å². The largest absolute Gasteiger partial charge is 0.493 e. The minimum absolute atomic E-state index is 0.242. The Morgan fingerprint density at radius 1 is 1.05 bits per heavy atom. The number of carbonyl (C=O) groups is 2. The standard InChI is InChI=1S/C15H15ClO6/c1-15(2)21-13(17)9(14(18)22-15)5-8-6-11(19-3)12(20-4)7-10(8)16/h5-7H,1-4H3. The highest BCUT2D eigenvalue weighted by Crippen LogP contribution is 2.35.